The maximum absolute atomic E-state index is 14.2. The highest BCUT2D eigenvalue weighted by Crippen LogP contribution is 2.42. The molecule has 0 spiro atoms. The van der Waals surface area contributed by atoms with Crippen molar-refractivity contribution in [3.63, 3.8) is 0 Å². The van der Waals surface area contributed by atoms with Crippen molar-refractivity contribution in [2.24, 2.45) is 0 Å². The van der Waals surface area contributed by atoms with Crippen molar-refractivity contribution in [2.45, 2.75) is 49.4 Å². The average Bonchev–Trinajstić information content (AvgIpc) is 3.36. The molecule has 0 aromatic heterocycles. The number of benzene rings is 8. The molecule has 27 heteroatoms. The summed E-state index contributed by atoms with van der Waals surface area (Å²) < 4.78 is 341. The molecule has 0 fully saturated rings. The van der Waals surface area contributed by atoms with E-state index < -0.39 is 195 Å². The van der Waals surface area contributed by atoms with Crippen LogP contribution in [0.2, 0.25) is 0 Å². The molecule has 0 unspecified atom stereocenters. The molecule has 0 saturated heterocycles. The van der Waals surface area contributed by atoms with E-state index in [4.69, 9.17) is 0 Å². The molecule has 0 saturated carbocycles. The van der Waals surface area contributed by atoms with E-state index in [2.05, 4.69) is 61.0 Å². The number of hydrogen-bond donors (Lipinski definition) is 0. The second-order valence-corrected chi connectivity index (χ2v) is 20.5. The first kappa shape index (κ1) is 59.9. The van der Waals surface area contributed by atoms with Crippen molar-refractivity contribution in [1.82, 2.24) is 0 Å². The molecule has 0 amide bonds. The van der Waals surface area contributed by atoms with E-state index in [0.717, 1.165) is 10.9 Å². The highest BCUT2D eigenvalue weighted by molar-refractivity contribution is 7.96. The topological polar surface area (TPSA) is 17.1 Å². The number of hydrogen-bond acceptors (Lipinski definition) is 1. The minimum absolute atomic E-state index is 0.125. The van der Waals surface area contributed by atoms with E-state index in [0.29, 0.717) is 5.75 Å². The van der Waals surface area contributed by atoms with E-state index >= 15 is 0 Å². The Kier molecular flexibility index (Phi) is 15.2. The molecule has 79 heavy (non-hydrogen) atoms. The van der Waals surface area contributed by atoms with Gasteiger partial charge < -0.3 is 0 Å². The standard InChI is InChI=1S/C32H12BF24.C20H17OS/c34-25(35,36)13-1-14(26(37,38)39)6-21(5-13)33(22-7-15(27(40,41)42)2-16(8-22)28(43,44)45,23-9-17(29(46,47)48)3-18(10-23)30(49,50)51)24-11-19(31(52,53)54)4-20(12-24)32(55,56)57;1-22(2)12-18(21)16-10-8-15-7-6-13-4-3-5-14-9-11-17(16)20(15)19(13)14/h1-12H;3-11H,12H2,1-2H3/q-1;+1. The number of alkyl halides is 24. The lowest BCUT2D eigenvalue weighted by Crippen LogP contribution is -2.75. The molecule has 8 aromatic rings. The van der Waals surface area contributed by atoms with Gasteiger partial charge in [-0.3, -0.25) is 4.79 Å². The lowest BCUT2D eigenvalue weighted by Gasteiger charge is -2.46. The first-order valence-electron chi connectivity index (χ1n) is 22.0. The summed E-state index contributed by atoms with van der Waals surface area (Å²) >= 11 is 0. The van der Waals surface area contributed by atoms with Gasteiger partial charge in [-0.15, -0.1) is 0 Å². The molecule has 0 aliphatic rings. The van der Waals surface area contributed by atoms with Crippen molar-refractivity contribution >= 4 is 77.0 Å². The molecule has 0 heterocycles. The molecular weight excluding hydrogens is 1140 g/mol. The van der Waals surface area contributed by atoms with Crippen LogP contribution in [0.5, 0.6) is 0 Å². The fourth-order valence-electron chi connectivity index (χ4n) is 9.39. The van der Waals surface area contributed by atoms with Crippen molar-refractivity contribution in [1.29, 1.82) is 0 Å². The van der Waals surface area contributed by atoms with Crippen LogP contribution in [0.25, 0.3) is 32.3 Å². The van der Waals surface area contributed by atoms with Gasteiger partial charge >= 0.3 is 49.4 Å². The predicted molar refractivity (Wildman–Crippen MR) is 249 cm³/mol. The van der Waals surface area contributed by atoms with E-state index in [1.165, 1.54) is 26.9 Å². The van der Waals surface area contributed by atoms with Crippen LogP contribution in [0.1, 0.15) is 54.9 Å². The summed E-state index contributed by atoms with van der Waals surface area (Å²) in [6.07, 6.45) is -50.6. The van der Waals surface area contributed by atoms with Crippen LogP contribution in [0, 0.1) is 0 Å². The van der Waals surface area contributed by atoms with E-state index in [-0.39, 0.29) is 16.7 Å². The smallest absolute Gasteiger partial charge is 0.289 e. The van der Waals surface area contributed by atoms with Gasteiger partial charge in [0, 0.05) is 5.56 Å². The first-order valence-corrected chi connectivity index (χ1v) is 24.2. The number of rotatable bonds is 7. The Morgan fingerprint density at radius 2 is 0.582 bits per heavy atom. The Hall–Kier alpha value is -6.80. The van der Waals surface area contributed by atoms with Crippen LogP contribution in [0.3, 0.4) is 0 Å². The number of halogens is 24. The molecule has 0 atom stereocenters. The molecule has 8 aromatic carbocycles. The Bertz CT molecular complexity index is 3140. The maximum atomic E-state index is 14.2. The van der Waals surface area contributed by atoms with Crippen LogP contribution in [0.4, 0.5) is 105 Å². The van der Waals surface area contributed by atoms with E-state index in [1.807, 2.05) is 6.07 Å². The van der Waals surface area contributed by atoms with Crippen molar-refractivity contribution in [2.75, 3.05) is 18.3 Å². The minimum atomic E-state index is -6.13. The third kappa shape index (κ3) is 12.3. The number of carbonyl (C=O) groups is 1. The molecule has 0 aliphatic heterocycles. The van der Waals surface area contributed by atoms with Gasteiger partial charge in [0.15, 0.2) is 5.75 Å². The molecule has 420 valence electrons. The monoisotopic (exact) mass is 1170 g/mol. The highest BCUT2D eigenvalue weighted by atomic mass is 32.2. The summed E-state index contributed by atoms with van der Waals surface area (Å²) in [5.41, 5.74) is -29.3. The lowest BCUT2D eigenvalue weighted by molar-refractivity contribution is -0.144. The summed E-state index contributed by atoms with van der Waals surface area (Å²) in [5, 5.41) is 7.30. The second-order valence-electron chi connectivity index (χ2n) is 18.2. The van der Waals surface area contributed by atoms with Gasteiger partial charge in [-0.05, 0) is 73.5 Å². The minimum Gasteiger partial charge on any atom is -0.289 e. The van der Waals surface area contributed by atoms with Gasteiger partial charge in [0.25, 0.3) is 0 Å². The Labute approximate surface area is 431 Å². The summed E-state index contributed by atoms with van der Waals surface area (Å²) in [6, 6.07) is 10.2. The van der Waals surface area contributed by atoms with Gasteiger partial charge in [-0.2, -0.15) is 127 Å². The van der Waals surface area contributed by atoms with E-state index in [1.54, 1.807) is 0 Å². The van der Waals surface area contributed by atoms with Crippen molar-refractivity contribution in [3.05, 3.63) is 177 Å². The van der Waals surface area contributed by atoms with Gasteiger partial charge in [0.05, 0.1) is 57.0 Å². The van der Waals surface area contributed by atoms with Gasteiger partial charge in [-0.1, -0.05) is 97.1 Å². The third-order valence-electron chi connectivity index (χ3n) is 12.7. The number of carbonyl (C=O) groups excluding carboxylic acids is 1. The summed E-state index contributed by atoms with van der Waals surface area (Å²) in [5.74, 6) is 0.885. The third-order valence-corrected chi connectivity index (χ3v) is 13.5. The lowest BCUT2D eigenvalue weighted by atomic mass is 9.12. The SMILES string of the molecule is C[S+](C)CC(=O)c1ccc2ccc3cccc4ccc1c2c34.FC(F)(F)c1cc([B-](c2cc(C(F)(F)F)cc(C(F)(F)F)c2)(c2cc(C(F)(F)F)cc(C(F)(F)F)c2)c2cc(C(F)(F)F)cc(C(F)(F)F)c2)cc(C(F)(F)F)c1. The Balaban J connectivity index is 0.000000336. The quantitative estimate of drug-likeness (QED) is 0.0511. The van der Waals surface area contributed by atoms with Crippen molar-refractivity contribution < 1.29 is 110 Å². The summed E-state index contributed by atoms with van der Waals surface area (Å²) in [4.78, 5) is 12.6. The maximum Gasteiger partial charge on any atom is 0.416 e. The summed E-state index contributed by atoms with van der Waals surface area (Å²) in [7, 11) is 0.125. The zero-order valence-corrected chi connectivity index (χ0v) is 40.1. The predicted octanol–water partition coefficient (Wildman–Crippen LogP) is 15.9. The van der Waals surface area contributed by atoms with Crippen LogP contribution in [-0.2, 0) is 60.3 Å². The fourth-order valence-corrected chi connectivity index (χ4v) is 10.1. The largest absolute Gasteiger partial charge is 0.416 e. The molecule has 1 nitrogen and oxygen atoms in total. The summed E-state index contributed by atoms with van der Waals surface area (Å²) in [6.45, 7) is 0. The normalized spacial score (nSPS) is 13.7. The van der Waals surface area contributed by atoms with Crippen LogP contribution in [-0.4, -0.2) is 30.2 Å². The van der Waals surface area contributed by atoms with E-state index in [9.17, 15) is 110 Å². The van der Waals surface area contributed by atoms with Crippen LogP contribution >= 0.6 is 0 Å². The first-order chi connectivity index (χ1) is 35.9. The van der Waals surface area contributed by atoms with Gasteiger partial charge in [-0.25, -0.2) is 0 Å². The molecule has 0 radical (unpaired) electrons. The average molecular weight is 1170 g/mol. The Morgan fingerprint density at radius 1 is 0.342 bits per heavy atom. The fraction of sp³-hybridized carbons (Fsp3) is 0.212. The zero-order chi connectivity index (χ0) is 59.2. The number of Topliss-reactive ketones (excluding diaryl/α,β-unsaturated/α-hetero) is 1. The zero-order valence-electron chi connectivity index (χ0n) is 39.3. The highest BCUT2D eigenvalue weighted by Gasteiger charge is 2.47. The van der Waals surface area contributed by atoms with Gasteiger partial charge in [0.1, 0.15) is 6.15 Å². The molecular formula is C52H29BF24OS. The van der Waals surface area contributed by atoms with Crippen LogP contribution < -0.4 is 21.9 Å². The Morgan fingerprint density at radius 3 is 0.835 bits per heavy atom. The van der Waals surface area contributed by atoms with Crippen LogP contribution in [0.15, 0.2) is 127 Å². The molecule has 0 aliphatic carbocycles. The van der Waals surface area contributed by atoms with Crippen molar-refractivity contribution in [3.8, 4) is 0 Å². The second kappa shape index (κ2) is 20.1. The molecule has 8 rings (SSSR count). The molecule has 0 bridgehead atoms. The number of ketones is 1. The van der Waals surface area contributed by atoms with Gasteiger partial charge in [0.2, 0.25) is 5.78 Å². The molecule has 0 N–H and O–H groups in total.